The number of fused-ring (bicyclic) bond motifs is 1. The Morgan fingerprint density at radius 1 is 1.30 bits per heavy atom. The Bertz CT molecular complexity index is 630. The Kier molecular flexibility index (Phi) is 3.50. The van der Waals surface area contributed by atoms with Gasteiger partial charge in [0.15, 0.2) is 15.0 Å². The third-order valence-corrected chi connectivity index (χ3v) is 6.92. The Balaban J connectivity index is 1.67. The molecule has 2 atom stereocenters. The molecular weight excluding hydrogens is 299 g/mol. The van der Waals surface area contributed by atoms with Crippen molar-refractivity contribution in [3.05, 3.63) is 35.6 Å². The highest BCUT2D eigenvalue weighted by molar-refractivity contribution is 8.15. The average Bonchev–Trinajstić information content (AvgIpc) is 2.80. The number of benzene rings is 1. The standard InChI is InChI=1S/C13H15FN2O2S2/c14-10-3-1-9(2-4-10)5-6-16-11-7-20(17,18)8-12(11)19-13(16)15/h1-4,11-12,15H,5-8H2/t11-,12+/m0/s1. The van der Waals surface area contributed by atoms with Crippen LogP contribution in [0.2, 0.25) is 0 Å². The SMILES string of the molecule is N=C1S[C@@H]2CS(=O)(=O)C[C@@H]2N1CCc1ccc(F)cc1. The van der Waals surface area contributed by atoms with Gasteiger partial charge in [0.05, 0.1) is 17.5 Å². The van der Waals surface area contributed by atoms with Crippen LogP contribution in [0.1, 0.15) is 5.56 Å². The highest BCUT2D eigenvalue weighted by Crippen LogP contribution is 2.37. The Labute approximate surface area is 121 Å². The molecule has 0 radical (unpaired) electrons. The highest BCUT2D eigenvalue weighted by atomic mass is 32.2. The lowest BCUT2D eigenvalue weighted by atomic mass is 10.1. The van der Waals surface area contributed by atoms with E-state index in [2.05, 4.69) is 0 Å². The zero-order valence-electron chi connectivity index (χ0n) is 10.8. The summed E-state index contributed by atoms with van der Waals surface area (Å²) in [6.45, 7) is 0.605. The van der Waals surface area contributed by atoms with E-state index in [1.165, 1.54) is 23.9 Å². The molecular formula is C13H15FN2O2S2. The van der Waals surface area contributed by atoms with Crippen molar-refractivity contribution in [2.24, 2.45) is 0 Å². The molecule has 108 valence electrons. The summed E-state index contributed by atoms with van der Waals surface area (Å²) in [5.41, 5.74) is 0.994. The first-order valence-corrected chi connectivity index (χ1v) is 9.11. The van der Waals surface area contributed by atoms with Crippen molar-refractivity contribution in [2.75, 3.05) is 18.1 Å². The topological polar surface area (TPSA) is 61.2 Å². The van der Waals surface area contributed by atoms with E-state index in [1.807, 2.05) is 4.90 Å². The number of amidine groups is 1. The zero-order chi connectivity index (χ0) is 14.3. The molecule has 0 aliphatic carbocycles. The number of nitrogens with zero attached hydrogens (tertiary/aromatic N) is 1. The van der Waals surface area contributed by atoms with Gasteiger partial charge in [-0.15, -0.1) is 0 Å². The maximum atomic E-state index is 12.8. The fourth-order valence-corrected chi connectivity index (χ4v) is 6.59. The van der Waals surface area contributed by atoms with Gasteiger partial charge in [0, 0.05) is 11.8 Å². The lowest BCUT2D eigenvalue weighted by molar-refractivity contribution is 0.359. The number of hydrogen-bond acceptors (Lipinski definition) is 4. The molecule has 4 nitrogen and oxygen atoms in total. The van der Waals surface area contributed by atoms with E-state index in [4.69, 9.17) is 5.41 Å². The summed E-state index contributed by atoms with van der Waals surface area (Å²) in [6.07, 6.45) is 0.687. The van der Waals surface area contributed by atoms with Crippen LogP contribution in [0, 0.1) is 11.2 Å². The number of rotatable bonds is 3. The molecule has 2 fully saturated rings. The van der Waals surface area contributed by atoms with Gasteiger partial charge in [0.25, 0.3) is 0 Å². The van der Waals surface area contributed by atoms with Gasteiger partial charge in [0.2, 0.25) is 0 Å². The minimum atomic E-state index is -2.96. The molecule has 7 heteroatoms. The maximum Gasteiger partial charge on any atom is 0.157 e. The maximum absolute atomic E-state index is 12.8. The molecule has 1 aromatic rings. The number of sulfone groups is 1. The van der Waals surface area contributed by atoms with Crippen molar-refractivity contribution in [1.29, 1.82) is 5.41 Å². The van der Waals surface area contributed by atoms with Crippen molar-refractivity contribution in [3.8, 4) is 0 Å². The van der Waals surface area contributed by atoms with Crippen LogP contribution in [0.15, 0.2) is 24.3 Å². The molecule has 2 aliphatic rings. The summed E-state index contributed by atoms with van der Waals surface area (Å²) in [5.74, 6) is 0.0639. The number of nitrogens with one attached hydrogen (secondary N) is 1. The van der Waals surface area contributed by atoms with Crippen molar-refractivity contribution in [3.63, 3.8) is 0 Å². The second-order valence-corrected chi connectivity index (χ2v) is 8.56. The van der Waals surface area contributed by atoms with E-state index in [9.17, 15) is 12.8 Å². The van der Waals surface area contributed by atoms with Crippen LogP contribution in [0.25, 0.3) is 0 Å². The molecule has 20 heavy (non-hydrogen) atoms. The number of hydrogen-bond donors (Lipinski definition) is 1. The Morgan fingerprint density at radius 2 is 2.00 bits per heavy atom. The summed E-state index contributed by atoms with van der Waals surface area (Å²) >= 11 is 1.35. The first kappa shape index (κ1) is 13.9. The van der Waals surface area contributed by atoms with Gasteiger partial charge in [-0.25, -0.2) is 12.8 Å². The molecule has 2 aliphatic heterocycles. The van der Waals surface area contributed by atoms with Crippen LogP contribution in [0.3, 0.4) is 0 Å². The van der Waals surface area contributed by atoms with E-state index >= 15 is 0 Å². The third-order valence-electron chi connectivity index (χ3n) is 3.75. The fraction of sp³-hybridized carbons (Fsp3) is 0.462. The van der Waals surface area contributed by atoms with E-state index in [1.54, 1.807) is 12.1 Å². The minimum absolute atomic E-state index is 0.000665. The molecule has 0 aromatic heterocycles. The van der Waals surface area contributed by atoms with Gasteiger partial charge in [0.1, 0.15) is 5.82 Å². The minimum Gasteiger partial charge on any atom is -0.346 e. The molecule has 2 heterocycles. The van der Waals surface area contributed by atoms with Crippen molar-refractivity contribution >= 4 is 26.8 Å². The van der Waals surface area contributed by atoms with Gasteiger partial charge >= 0.3 is 0 Å². The van der Waals surface area contributed by atoms with E-state index in [-0.39, 0.29) is 28.6 Å². The monoisotopic (exact) mass is 314 g/mol. The van der Waals surface area contributed by atoms with Crippen LogP contribution in [-0.2, 0) is 16.3 Å². The molecule has 1 aromatic carbocycles. The summed E-state index contributed by atoms with van der Waals surface area (Å²) in [7, 11) is -2.96. The van der Waals surface area contributed by atoms with Crippen molar-refractivity contribution < 1.29 is 12.8 Å². The van der Waals surface area contributed by atoms with Gasteiger partial charge in [-0.3, -0.25) is 5.41 Å². The van der Waals surface area contributed by atoms with E-state index in [0.29, 0.717) is 18.1 Å². The van der Waals surface area contributed by atoms with Crippen molar-refractivity contribution in [2.45, 2.75) is 17.7 Å². The molecule has 0 bridgehead atoms. The first-order chi connectivity index (χ1) is 9.44. The molecule has 0 amide bonds. The van der Waals surface area contributed by atoms with Crippen LogP contribution >= 0.6 is 11.8 Å². The predicted molar refractivity (Wildman–Crippen MR) is 78.4 cm³/mol. The second kappa shape index (κ2) is 5.04. The van der Waals surface area contributed by atoms with Gasteiger partial charge in [-0.05, 0) is 24.1 Å². The normalized spacial score (nSPS) is 27.9. The second-order valence-electron chi connectivity index (χ2n) is 5.18. The first-order valence-electron chi connectivity index (χ1n) is 6.41. The molecule has 0 unspecified atom stereocenters. The number of thioether (sulfide) groups is 1. The molecule has 2 saturated heterocycles. The Morgan fingerprint density at radius 3 is 2.70 bits per heavy atom. The molecule has 3 rings (SSSR count). The van der Waals surface area contributed by atoms with E-state index in [0.717, 1.165) is 5.56 Å². The molecule has 0 saturated carbocycles. The summed E-state index contributed by atoms with van der Waals surface area (Å²) in [6, 6.07) is 6.22. The highest BCUT2D eigenvalue weighted by Gasteiger charge is 2.47. The Hall–Kier alpha value is -1.08. The van der Waals surface area contributed by atoms with Crippen molar-refractivity contribution in [1.82, 2.24) is 4.90 Å². The fourth-order valence-electron chi connectivity index (χ4n) is 2.73. The predicted octanol–water partition coefficient (Wildman–Crippen LogP) is 1.52. The van der Waals surface area contributed by atoms with Gasteiger partial charge in [-0.1, -0.05) is 23.9 Å². The quantitative estimate of drug-likeness (QED) is 0.919. The zero-order valence-corrected chi connectivity index (χ0v) is 12.4. The molecule has 1 N–H and O–H groups in total. The van der Waals surface area contributed by atoms with E-state index < -0.39 is 9.84 Å². The lowest BCUT2D eigenvalue weighted by Gasteiger charge is -2.23. The van der Waals surface area contributed by atoms with Crippen LogP contribution in [-0.4, -0.2) is 47.8 Å². The third kappa shape index (κ3) is 2.69. The van der Waals surface area contributed by atoms with Gasteiger partial charge < -0.3 is 4.90 Å². The van der Waals surface area contributed by atoms with Crippen LogP contribution < -0.4 is 0 Å². The van der Waals surface area contributed by atoms with Crippen LogP contribution in [0.5, 0.6) is 0 Å². The van der Waals surface area contributed by atoms with Crippen LogP contribution in [0.4, 0.5) is 4.39 Å². The lowest BCUT2D eigenvalue weighted by Crippen LogP contribution is -2.38. The average molecular weight is 314 g/mol. The van der Waals surface area contributed by atoms with Gasteiger partial charge in [-0.2, -0.15) is 0 Å². The summed E-state index contributed by atoms with van der Waals surface area (Å²) in [4.78, 5) is 1.88. The summed E-state index contributed by atoms with van der Waals surface area (Å²) < 4.78 is 36.1. The smallest absolute Gasteiger partial charge is 0.157 e. The number of halogens is 1. The summed E-state index contributed by atoms with van der Waals surface area (Å²) in [5, 5.41) is 8.42. The largest absolute Gasteiger partial charge is 0.346 e. The molecule has 0 spiro atoms.